The summed E-state index contributed by atoms with van der Waals surface area (Å²) in [5.74, 6) is -1.01. The number of carbonyl (C=O) groups excluding carboxylic acids is 4. The molecule has 3 atom stereocenters. The Balaban J connectivity index is 1.19. The molecule has 2 saturated heterocycles. The van der Waals surface area contributed by atoms with Gasteiger partial charge in [0.15, 0.2) is 11.5 Å². The summed E-state index contributed by atoms with van der Waals surface area (Å²) < 4.78 is 3.06. The van der Waals surface area contributed by atoms with E-state index in [-0.39, 0.29) is 35.9 Å². The molecule has 0 saturated carbocycles. The number of nitrogens with two attached hydrogens (primary N) is 1. The molecule has 0 radical (unpaired) electrons. The van der Waals surface area contributed by atoms with Gasteiger partial charge in [0.2, 0.25) is 11.8 Å². The fourth-order valence-electron chi connectivity index (χ4n) is 5.77. The Kier molecular flexibility index (Phi) is 6.88. The monoisotopic (exact) mass is 570 g/mol. The Labute approximate surface area is 240 Å². The summed E-state index contributed by atoms with van der Waals surface area (Å²) in [4.78, 5) is 55.3. The number of anilines is 1. The summed E-state index contributed by atoms with van der Waals surface area (Å²) in [6.45, 7) is 2.61. The Morgan fingerprint density at radius 3 is 2.64 bits per heavy atom. The van der Waals surface area contributed by atoms with Crippen molar-refractivity contribution in [2.45, 2.75) is 38.4 Å². The molecule has 1 aromatic carbocycles. The lowest BCUT2D eigenvalue weighted by Crippen LogP contribution is -2.51. The van der Waals surface area contributed by atoms with E-state index < -0.39 is 18.0 Å². The van der Waals surface area contributed by atoms with Gasteiger partial charge in [-0.1, -0.05) is 13.0 Å². The van der Waals surface area contributed by atoms with E-state index in [1.807, 2.05) is 13.0 Å². The number of nitrogens with zero attached hydrogens (tertiary/aromatic N) is 8. The van der Waals surface area contributed by atoms with Crippen molar-refractivity contribution in [3.8, 4) is 11.1 Å². The number of aromatic nitrogens is 6. The van der Waals surface area contributed by atoms with Gasteiger partial charge >= 0.3 is 0 Å². The van der Waals surface area contributed by atoms with Crippen LogP contribution in [0.3, 0.4) is 0 Å². The molecule has 0 bridgehead atoms. The summed E-state index contributed by atoms with van der Waals surface area (Å²) in [6, 6.07) is 7.52. The van der Waals surface area contributed by atoms with Crippen LogP contribution in [0, 0.1) is 5.92 Å². The summed E-state index contributed by atoms with van der Waals surface area (Å²) in [6.07, 6.45) is 5.85. The van der Waals surface area contributed by atoms with Crippen molar-refractivity contribution in [3.05, 3.63) is 54.6 Å². The van der Waals surface area contributed by atoms with Crippen molar-refractivity contribution in [2.75, 3.05) is 18.0 Å². The van der Waals surface area contributed by atoms with E-state index in [4.69, 9.17) is 5.73 Å². The fourth-order valence-corrected chi connectivity index (χ4v) is 5.77. The number of nitrogens with one attached hydrogen (secondary N) is 1. The number of carbonyl (C=O) groups is 4. The Bertz CT molecular complexity index is 1700. The van der Waals surface area contributed by atoms with E-state index in [1.54, 1.807) is 59.5 Å². The number of hydrogen-bond acceptors (Lipinski definition) is 8. The highest BCUT2D eigenvalue weighted by atomic mass is 16.2. The van der Waals surface area contributed by atoms with Crippen molar-refractivity contribution in [1.82, 2.24) is 40.0 Å². The average Bonchev–Trinajstić information content (AvgIpc) is 3.75. The van der Waals surface area contributed by atoms with E-state index in [0.29, 0.717) is 42.7 Å². The first-order chi connectivity index (χ1) is 20.2. The first-order valence-electron chi connectivity index (χ1n) is 13.7. The quantitative estimate of drug-likeness (QED) is 0.323. The van der Waals surface area contributed by atoms with Crippen LogP contribution in [-0.2, 0) is 28.0 Å². The number of likely N-dealkylation sites (tertiary alicyclic amines) is 1. The van der Waals surface area contributed by atoms with E-state index in [1.165, 1.54) is 9.58 Å². The zero-order valence-electron chi connectivity index (χ0n) is 23.2. The maximum atomic E-state index is 13.6. The predicted octanol–water partition coefficient (Wildman–Crippen LogP) is 0.484. The van der Waals surface area contributed by atoms with Crippen molar-refractivity contribution in [2.24, 2.45) is 18.7 Å². The number of primary amides is 1. The van der Waals surface area contributed by atoms with E-state index >= 15 is 0 Å². The van der Waals surface area contributed by atoms with Crippen LogP contribution in [0.1, 0.15) is 30.3 Å². The molecule has 6 rings (SSSR count). The first kappa shape index (κ1) is 27.1. The van der Waals surface area contributed by atoms with E-state index in [9.17, 15) is 19.2 Å². The zero-order valence-corrected chi connectivity index (χ0v) is 23.2. The molecule has 14 heteroatoms. The van der Waals surface area contributed by atoms with Gasteiger partial charge in [-0.3, -0.25) is 33.4 Å². The lowest BCUT2D eigenvalue weighted by molar-refractivity contribution is -0.139. The third-order valence-electron chi connectivity index (χ3n) is 7.82. The van der Waals surface area contributed by atoms with E-state index in [2.05, 4.69) is 25.7 Å². The Morgan fingerprint density at radius 1 is 1.10 bits per heavy atom. The van der Waals surface area contributed by atoms with Crippen LogP contribution in [0.15, 0.2) is 48.9 Å². The zero-order chi connectivity index (χ0) is 29.5. The normalized spacial score (nSPS) is 20.4. The molecule has 0 aliphatic carbocycles. The highest BCUT2D eigenvalue weighted by Crippen LogP contribution is 2.28. The van der Waals surface area contributed by atoms with Gasteiger partial charge in [-0.25, -0.2) is 0 Å². The SMILES string of the molecule is C[C@@H]1C[C@@H](C(=O)NC2CCN(c3ccn(C)n3)C2=O)N(C(=O)Cn2nc(C(N)=O)c3cc(-c4ccnnc4)ccc32)C1. The second-order valence-corrected chi connectivity index (χ2v) is 10.8. The summed E-state index contributed by atoms with van der Waals surface area (Å²) in [5, 5.41) is 19.7. The number of hydrogen-bond donors (Lipinski definition) is 2. The van der Waals surface area contributed by atoms with Gasteiger partial charge in [-0.2, -0.15) is 20.4 Å². The molecule has 14 nitrogen and oxygen atoms in total. The maximum Gasteiger partial charge on any atom is 0.269 e. The van der Waals surface area contributed by atoms with Gasteiger partial charge < -0.3 is 16.0 Å². The van der Waals surface area contributed by atoms with Gasteiger partial charge in [-0.15, -0.1) is 0 Å². The van der Waals surface area contributed by atoms with Crippen LogP contribution in [0.2, 0.25) is 0 Å². The molecule has 3 N–H and O–H groups in total. The molecule has 4 aromatic rings. The Hall–Kier alpha value is -5.14. The molecule has 1 unspecified atom stereocenters. The molecule has 4 amide bonds. The third kappa shape index (κ3) is 4.95. The molecule has 5 heterocycles. The van der Waals surface area contributed by atoms with Crippen LogP contribution < -0.4 is 16.0 Å². The second kappa shape index (κ2) is 10.7. The summed E-state index contributed by atoms with van der Waals surface area (Å²) >= 11 is 0. The summed E-state index contributed by atoms with van der Waals surface area (Å²) in [5.41, 5.74) is 7.82. The minimum Gasteiger partial charge on any atom is -0.364 e. The summed E-state index contributed by atoms with van der Waals surface area (Å²) in [7, 11) is 1.77. The number of fused-ring (bicyclic) bond motifs is 1. The Morgan fingerprint density at radius 2 is 1.93 bits per heavy atom. The fraction of sp³-hybridized carbons (Fsp3) is 0.357. The van der Waals surface area contributed by atoms with Gasteiger partial charge in [0.1, 0.15) is 18.6 Å². The van der Waals surface area contributed by atoms with Crippen molar-refractivity contribution < 1.29 is 19.2 Å². The molecule has 42 heavy (non-hydrogen) atoms. The maximum absolute atomic E-state index is 13.6. The topological polar surface area (TPSA) is 174 Å². The van der Waals surface area contributed by atoms with E-state index in [0.717, 1.165) is 11.1 Å². The number of benzene rings is 1. The minimum atomic E-state index is -0.729. The standard InChI is InChI=1S/C28H30N10O4/c1-16-11-22(27(41)32-20-6-10-36(28(20)42)23-7-9-35(2)33-23)37(14-16)24(39)15-38-21-4-3-17(18-5-8-30-31-13-18)12-19(21)25(34-38)26(29)40/h3-5,7-9,12-13,16,20,22H,6,10-11,14-15H2,1-2H3,(H2,29,40)(H,32,41)/t16-,20?,22+/m1/s1. The molecule has 2 fully saturated rings. The van der Waals surface area contributed by atoms with Gasteiger partial charge in [0, 0.05) is 43.4 Å². The minimum absolute atomic E-state index is 0.0444. The molecule has 2 aliphatic heterocycles. The molecular formula is C28H30N10O4. The van der Waals surface area contributed by atoms with Gasteiger partial charge in [-0.05, 0) is 42.5 Å². The molecular weight excluding hydrogens is 540 g/mol. The largest absolute Gasteiger partial charge is 0.364 e. The van der Waals surface area contributed by atoms with Crippen LogP contribution in [0.25, 0.3) is 22.0 Å². The highest BCUT2D eigenvalue weighted by molar-refractivity contribution is 6.05. The smallest absolute Gasteiger partial charge is 0.269 e. The van der Waals surface area contributed by atoms with Crippen molar-refractivity contribution in [3.63, 3.8) is 0 Å². The van der Waals surface area contributed by atoms with Gasteiger partial charge in [0.05, 0.1) is 17.9 Å². The lowest BCUT2D eigenvalue weighted by atomic mass is 10.0. The van der Waals surface area contributed by atoms with Crippen molar-refractivity contribution in [1.29, 1.82) is 0 Å². The number of rotatable bonds is 7. The van der Waals surface area contributed by atoms with Crippen LogP contribution in [0.5, 0.6) is 0 Å². The first-order valence-corrected chi connectivity index (χ1v) is 13.7. The third-order valence-corrected chi connectivity index (χ3v) is 7.82. The van der Waals surface area contributed by atoms with Crippen molar-refractivity contribution >= 4 is 40.3 Å². The predicted molar refractivity (Wildman–Crippen MR) is 151 cm³/mol. The molecule has 216 valence electrons. The highest BCUT2D eigenvalue weighted by Gasteiger charge is 2.41. The van der Waals surface area contributed by atoms with Crippen LogP contribution >= 0.6 is 0 Å². The second-order valence-electron chi connectivity index (χ2n) is 10.8. The van der Waals surface area contributed by atoms with Crippen LogP contribution in [-0.4, -0.2) is 83.5 Å². The van der Waals surface area contributed by atoms with Crippen LogP contribution in [0.4, 0.5) is 5.82 Å². The average molecular weight is 571 g/mol. The molecule has 3 aromatic heterocycles. The number of aryl methyl sites for hydroxylation is 1. The number of amides is 4. The molecule has 0 spiro atoms. The van der Waals surface area contributed by atoms with Gasteiger partial charge in [0.25, 0.3) is 11.8 Å². The molecule has 2 aliphatic rings. The lowest BCUT2D eigenvalue weighted by Gasteiger charge is -2.25.